The summed E-state index contributed by atoms with van der Waals surface area (Å²) in [6.07, 6.45) is 4.88. The molecule has 0 aliphatic carbocycles. The smallest absolute Gasteiger partial charge is 0.541 e. The average molecular weight is 150 g/mol. The molecule has 0 saturated heterocycles. The Morgan fingerprint density at radius 2 is 1.40 bits per heavy atom. The van der Waals surface area contributed by atoms with E-state index in [-0.39, 0.29) is 35.0 Å². The van der Waals surface area contributed by atoms with Gasteiger partial charge in [0.25, 0.3) is 0 Å². The number of carbonyl (C=O) groups excluding carboxylic acids is 1. The van der Waals surface area contributed by atoms with Gasteiger partial charge in [-0.25, -0.2) is 0 Å². The Bertz CT molecular complexity index is 79.0. The fourth-order valence-corrected chi connectivity index (χ4v) is 0.967. The van der Waals surface area contributed by atoms with Crippen LogP contribution in [-0.2, 0) is 4.79 Å². The van der Waals surface area contributed by atoms with Crippen LogP contribution in [0.5, 0.6) is 0 Å². The maximum Gasteiger partial charge on any atom is 1.00 e. The summed E-state index contributed by atoms with van der Waals surface area (Å²) in [6.45, 7) is 6.12. The Morgan fingerprint density at radius 3 is 1.40 bits per heavy atom. The van der Waals surface area contributed by atoms with Gasteiger partial charge in [-0.15, -0.1) is 5.41 Å². The van der Waals surface area contributed by atoms with Crippen molar-refractivity contribution in [2.24, 2.45) is 5.41 Å². The first-order valence-electron chi connectivity index (χ1n) is 3.64. The molecule has 0 saturated carbocycles. The standard InChI is InChI=1S/C8H15O.Na/c1-4-8(5-2,6-3)7-9;/h4-6H2,1-3H3;/q-1;+1. The minimum absolute atomic E-state index is 0. The van der Waals surface area contributed by atoms with Crippen molar-refractivity contribution in [1.82, 2.24) is 0 Å². The molecule has 0 aromatic rings. The van der Waals surface area contributed by atoms with Crippen LogP contribution in [0.15, 0.2) is 0 Å². The topological polar surface area (TPSA) is 17.1 Å². The van der Waals surface area contributed by atoms with E-state index < -0.39 is 0 Å². The fourth-order valence-electron chi connectivity index (χ4n) is 0.967. The Labute approximate surface area is 85.9 Å². The van der Waals surface area contributed by atoms with Crippen LogP contribution in [0.2, 0.25) is 0 Å². The van der Waals surface area contributed by atoms with Crippen molar-refractivity contribution in [3.8, 4) is 0 Å². The van der Waals surface area contributed by atoms with Gasteiger partial charge in [-0.05, 0) is 0 Å². The fraction of sp³-hybridized carbons (Fsp3) is 0.875. The van der Waals surface area contributed by atoms with Crippen LogP contribution >= 0.6 is 0 Å². The van der Waals surface area contributed by atoms with Gasteiger partial charge in [0.05, 0.1) is 0 Å². The molecule has 2 heteroatoms. The van der Waals surface area contributed by atoms with E-state index in [0.29, 0.717) is 0 Å². The van der Waals surface area contributed by atoms with E-state index in [1.165, 1.54) is 0 Å². The first-order chi connectivity index (χ1) is 4.24. The predicted molar refractivity (Wildman–Crippen MR) is 39.0 cm³/mol. The molecule has 10 heavy (non-hydrogen) atoms. The zero-order valence-corrected chi connectivity index (χ0v) is 9.53. The van der Waals surface area contributed by atoms with Crippen LogP contribution in [0.4, 0.5) is 0 Å². The maximum atomic E-state index is 10.4. The molecule has 0 N–H and O–H groups in total. The molecule has 0 fully saturated rings. The monoisotopic (exact) mass is 150 g/mol. The average Bonchev–Trinajstić information content (AvgIpc) is 1.95. The zero-order valence-electron chi connectivity index (χ0n) is 7.53. The van der Waals surface area contributed by atoms with Crippen molar-refractivity contribution in [2.75, 3.05) is 0 Å². The molecule has 0 radical (unpaired) electrons. The SMILES string of the molecule is CCC([C-]=O)(CC)CC.[Na+]. The summed E-state index contributed by atoms with van der Waals surface area (Å²) in [5.74, 6) is 0. The molecule has 1 nitrogen and oxygen atoms in total. The summed E-state index contributed by atoms with van der Waals surface area (Å²) in [6, 6.07) is 0. The summed E-state index contributed by atoms with van der Waals surface area (Å²) in [7, 11) is 0. The van der Waals surface area contributed by atoms with Gasteiger partial charge < -0.3 is 4.79 Å². The summed E-state index contributed by atoms with van der Waals surface area (Å²) < 4.78 is 0. The van der Waals surface area contributed by atoms with Crippen LogP contribution in [0.25, 0.3) is 0 Å². The van der Waals surface area contributed by atoms with Crippen molar-refractivity contribution in [3.63, 3.8) is 0 Å². The number of rotatable bonds is 4. The van der Waals surface area contributed by atoms with Gasteiger partial charge in [0.2, 0.25) is 0 Å². The molecular weight excluding hydrogens is 135 g/mol. The van der Waals surface area contributed by atoms with Gasteiger partial charge >= 0.3 is 29.6 Å². The van der Waals surface area contributed by atoms with Crippen molar-refractivity contribution in [2.45, 2.75) is 40.0 Å². The second kappa shape index (κ2) is 6.38. The molecule has 0 spiro atoms. The molecular formula is C8H15NaO. The molecule has 0 atom stereocenters. The Balaban J connectivity index is 0. The minimum atomic E-state index is -0.139. The second-order valence-electron chi connectivity index (χ2n) is 2.44. The van der Waals surface area contributed by atoms with E-state index in [1.807, 2.05) is 20.8 Å². The third kappa shape index (κ3) is 3.18. The Hall–Kier alpha value is 0.670. The van der Waals surface area contributed by atoms with Crippen LogP contribution in [0.3, 0.4) is 0 Å². The van der Waals surface area contributed by atoms with E-state index in [2.05, 4.69) is 6.29 Å². The Morgan fingerprint density at radius 1 is 1.10 bits per heavy atom. The van der Waals surface area contributed by atoms with Gasteiger partial charge in [-0.3, -0.25) is 6.29 Å². The van der Waals surface area contributed by atoms with Crippen LogP contribution in [0.1, 0.15) is 40.0 Å². The second-order valence-corrected chi connectivity index (χ2v) is 2.44. The van der Waals surface area contributed by atoms with Crippen molar-refractivity contribution in [1.29, 1.82) is 0 Å². The zero-order chi connectivity index (χ0) is 7.33. The third-order valence-electron chi connectivity index (χ3n) is 2.25. The van der Waals surface area contributed by atoms with Crippen LogP contribution < -0.4 is 29.6 Å². The van der Waals surface area contributed by atoms with Gasteiger partial charge in [0.1, 0.15) is 0 Å². The van der Waals surface area contributed by atoms with Crippen molar-refractivity contribution in [3.05, 3.63) is 0 Å². The minimum Gasteiger partial charge on any atom is -0.541 e. The molecule has 0 aromatic carbocycles. The molecule has 0 bridgehead atoms. The molecule has 54 valence electrons. The molecule has 0 aromatic heterocycles. The van der Waals surface area contributed by atoms with Crippen LogP contribution in [0, 0.1) is 5.41 Å². The summed E-state index contributed by atoms with van der Waals surface area (Å²) in [5.41, 5.74) is -0.139. The van der Waals surface area contributed by atoms with Gasteiger partial charge in [-0.1, -0.05) is 40.0 Å². The number of hydrogen-bond donors (Lipinski definition) is 0. The van der Waals surface area contributed by atoms with E-state index >= 15 is 0 Å². The van der Waals surface area contributed by atoms with E-state index in [4.69, 9.17) is 0 Å². The number of hydrogen-bond acceptors (Lipinski definition) is 1. The summed E-state index contributed by atoms with van der Waals surface area (Å²) >= 11 is 0. The largest absolute Gasteiger partial charge is 1.00 e. The first kappa shape index (κ1) is 13.3. The van der Waals surface area contributed by atoms with Gasteiger partial charge in [0.15, 0.2) is 0 Å². The van der Waals surface area contributed by atoms with Gasteiger partial charge in [-0.2, -0.15) is 0 Å². The Kier molecular flexibility index (Phi) is 8.47. The predicted octanol–water partition coefficient (Wildman–Crippen LogP) is -0.683. The summed E-state index contributed by atoms with van der Waals surface area (Å²) in [5, 5.41) is 0. The maximum absolute atomic E-state index is 10.4. The van der Waals surface area contributed by atoms with Crippen LogP contribution in [-0.4, -0.2) is 6.29 Å². The first-order valence-corrected chi connectivity index (χ1v) is 3.64. The molecule has 0 rings (SSSR count). The van der Waals surface area contributed by atoms with E-state index in [1.54, 1.807) is 0 Å². The summed E-state index contributed by atoms with van der Waals surface area (Å²) in [4.78, 5) is 10.4. The van der Waals surface area contributed by atoms with Crippen molar-refractivity contribution >= 4 is 6.29 Å². The normalized spacial score (nSPS) is 10.3. The van der Waals surface area contributed by atoms with Crippen molar-refractivity contribution < 1.29 is 34.4 Å². The van der Waals surface area contributed by atoms with E-state index in [9.17, 15) is 4.79 Å². The molecule has 0 aliphatic rings. The molecule has 0 unspecified atom stereocenters. The van der Waals surface area contributed by atoms with Gasteiger partial charge in [0, 0.05) is 0 Å². The molecule has 0 aliphatic heterocycles. The quantitative estimate of drug-likeness (QED) is 0.383. The molecule has 0 heterocycles. The third-order valence-corrected chi connectivity index (χ3v) is 2.25. The molecule has 0 amide bonds. The van der Waals surface area contributed by atoms with E-state index in [0.717, 1.165) is 19.3 Å².